The van der Waals surface area contributed by atoms with Gasteiger partial charge in [0.25, 0.3) is 0 Å². The van der Waals surface area contributed by atoms with Crippen LogP contribution in [0.2, 0.25) is 5.02 Å². The molecule has 0 spiro atoms. The summed E-state index contributed by atoms with van der Waals surface area (Å²) in [7, 11) is 0. The Balaban J connectivity index is 1.23. The van der Waals surface area contributed by atoms with Crippen LogP contribution in [0, 0.1) is 0 Å². The number of carbonyl (C=O) groups is 2. The largest absolute Gasteiger partial charge is 0.326 e. The van der Waals surface area contributed by atoms with Gasteiger partial charge in [-0.3, -0.25) is 9.69 Å². The highest BCUT2D eigenvalue weighted by atomic mass is 35.5. The Morgan fingerprint density at radius 1 is 0.902 bits per heavy atom. The molecule has 2 aliphatic rings. The lowest BCUT2D eigenvalue weighted by Crippen LogP contribution is -2.49. The molecule has 9 heteroatoms. The smallest absolute Gasteiger partial charge is 0.309 e. The third-order valence-corrected chi connectivity index (χ3v) is 9.40. The van der Waals surface area contributed by atoms with Crippen molar-refractivity contribution in [2.75, 3.05) is 15.5 Å². The average molecular weight is 597 g/mol. The van der Waals surface area contributed by atoms with Crippen LogP contribution in [0.5, 0.6) is 0 Å². The van der Waals surface area contributed by atoms with Crippen LogP contribution in [0.3, 0.4) is 0 Å². The maximum atomic E-state index is 13.7. The minimum absolute atomic E-state index is 0.0925. The van der Waals surface area contributed by atoms with E-state index in [1.54, 1.807) is 23.9 Å². The number of carbonyl (C=O) groups excluding carboxylic acids is 2. The number of hydrogen-bond acceptors (Lipinski definition) is 5. The summed E-state index contributed by atoms with van der Waals surface area (Å²) < 4.78 is 0. The maximum absolute atomic E-state index is 13.7. The topological polar surface area (TPSA) is 74.3 Å². The molecule has 4 aromatic rings. The second kappa shape index (κ2) is 12.3. The molecule has 0 radical (unpaired) electrons. The van der Waals surface area contributed by atoms with E-state index in [4.69, 9.17) is 11.6 Å². The molecule has 1 aromatic heterocycles. The van der Waals surface area contributed by atoms with Crippen LogP contribution in [0.1, 0.15) is 10.8 Å². The van der Waals surface area contributed by atoms with Crippen molar-refractivity contribution in [3.63, 3.8) is 0 Å². The number of anilines is 3. The van der Waals surface area contributed by atoms with E-state index in [9.17, 15) is 9.59 Å². The molecule has 3 atom stereocenters. The van der Waals surface area contributed by atoms with Crippen LogP contribution < -0.4 is 15.5 Å². The zero-order valence-corrected chi connectivity index (χ0v) is 24.1. The highest BCUT2D eigenvalue weighted by molar-refractivity contribution is 8.00. The molecule has 2 heterocycles. The van der Waals surface area contributed by atoms with Crippen LogP contribution in [0.4, 0.5) is 22.0 Å². The number of halogens is 1. The number of para-hydroxylation sites is 1. The van der Waals surface area contributed by atoms with Crippen molar-refractivity contribution in [1.82, 2.24) is 4.98 Å². The molecule has 3 unspecified atom stereocenters. The molecule has 0 fully saturated rings. The summed E-state index contributed by atoms with van der Waals surface area (Å²) in [5, 5.41) is 6.08. The van der Waals surface area contributed by atoms with E-state index >= 15 is 0 Å². The molecule has 6 rings (SSSR count). The first kappa shape index (κ1) is 27.2. The number of pyridine rings is 1. The van der Waals surface area contributed by atoms with Gasteiger partial charge in [0, 0.05) is 21.7 Å². The monoisotopic (exact) mass is 596 g/mol. The second-order valence-corrected chi connectivity index (χ2v) is 12.2. The Labute approximate surface area is 251 Å². The van der Waals surface area contributed by atoms with E-state index in [1.165, 1.54) is 18.0 Å². The summed E-state index contributed by atoms with van der Waals surface area (Å²) in [6.45, 7) is 0. The van der Waals surface area contributed by atoms with E-state index in [0.717, 1.165) is 21.0 Å². The molecule has 3 aromatic carbocycles. The normalized spacial score (nSPS) is 17.7. The van der Waals surface area contributed by atoms with Crippen molar-refractivity contribution < 1.29 is 9.59 Å². The zero-order valence-electron chi connectivity index (χ0n) is 21.7. The van der Waals surface area contributed by atoms with Crippen molar-refractivity contribution >= 4 is 64.3 Å². The van der Waals surface area contributed by atoms with Crippen molar-refractivity contribution in [3.8, 4) is 0 Å². The van der Waals surface area contributed by atoms with Crippen molar-refractivity contribution in [2.45, 2.75) is 26.3 Å². The predicted molar refractivity (Wildman–Crippen MR) is 169 cm³/mol. The van der Waals surface area contributed by atoms with Gasteiger partial charge in [0.15, 0.2) is 0 Å². The highest BCUT2D eigenvalue weighted by Gasteiger charge is 2.36. The van der Waals surface area contributed by atoms with Gasteiger partial charge in [0.2, 0.25) is 5.91 Å². The van der Waals surface area contributed by atoms with Crippen LogP contribution in [-0.2, 0) is 4.79 Å². The molecule has 1 aliphatic heterocycles. The van der Waals surface area contributed by atoms with Crippen LogP contribution in [0.25, 0.3) is 0 Å². The SMILES string of the molecule is O=C(Nc1ccc(Cl)cn1)C(Sc1cccc(NC(=O)N2c3ccccc3SC3C=CC=CC32)c1)c1ccccc1. The van der Waals surface area contributed by atoms with Crippen molar-refractivity contribution in [2.24, 2.45) is 0 Å². The van der Waals surface area contributed by atoms with Gasteiger partial charge in [-0.25, -0.2) is 9.78 Å². The minimum Gasteiger partial charge on any atom is -0.309 e. The maximum Gasteiger partial charge on any atom is 0.326 e. The number of thioether (sulfide) groups is 2. The van der Waals surface area contributed by atoms with Crippen molar-refractivity contribution in [3.05, 3.63) is 132 Å². The van der Waals surface area contributed by atoms with E-state index in [2.05, 4.69) is 27.8 Å². The molecule has 204 valence electrons. The molecule has 2 N–H and O–H groups in total. The summed E-state index contributed by atoms with van der Waals surface area (Å²) >= 11 is 9.12. The number of aromatic nitrogens is 1. The minimum atomic E-state index is -0.550. The molecule has 3 amide bonds. The standard InChI is InChI=1S/C32H25ClN4O2S2/c33-22-17-18-29(34-20-22)36-31(38)30(21-9-2-1-3-10-21)40-24-12-8-11-23(19-24)35-32(39)37-25-13-4-6-15-27(25)41-28-16-7-5-14-26(28)37/h1-20,25,27,30H,(H,35,39)(H,34,36,38). The Bertz CT molecular complexity index is 1630. The molecular weight excluding hydrogens is 572 g/mol. The van der Waals surface area contributed by atoms with Gasteiger partial charge in [-0.15, -0.1) is 23.5 Å². The van der Waals surface area contributed by atoms with E-state index in [1.807, 2.05) is 95.9 Å². The number of nitrogens with zero attached hydrogens (tertiary/aromatic N) is 2. The molecule has 41 heavy (non-hydrogen) atoms. The van der Waals surface area contributed by atoms with Crippen molar-refractivity contribution in [1.29, 1.82) is 0 Å². The van der Waals surface area contributed by atoms with E-state index < -0.39 is 5.25 Å². The Morgan fingerprint density at radius 2 is 1.71 bits per heavy atom. The quantitative estimate of drug-likeness (QED) is 0.219. The number of nitrogens with one attached hydrogen (secondary N) is 2. The van der Waals surface area contributed by atoms with E-state index in [0.29, 0.717) is 16.5 Å². The molecule has 0 saturated carbocycles. The highest BCUT2D eigenvalue weighted by Crippen LogP contribution is 2.44. The molecular formula is C32H25ClN4O2S2. The lowest BCUT2D eigenvalue weighted by atomic mass is 10.1. The number of benzene rings is 3. The third kappa shape index (κ3) is 6.20. The summed E-state index contributed by atoms with van der Waals surface area (Å²) in [5.41, 5.74) is 2.39. The lowest BCUT2D eigenvalue weighted by molar-refractivity contribution is -0.115. The first-order chi connectivity index (χ1) is 20.0. The van der Waals surface area contributed by atoms with Gasteiger partial charge < -0.3 is 10.6 Å². The zero-order chi connectivity index (χ0) is 28.2. The van der Waals surface area contributed by atoms with E-state index in [-0.39, 0.29) is 23.2 Å². The van der Waals surface area contributed by atoms with Gasteiger partial charge in [0.1, 0.15) is 11.1 Å². The fourth-order valence-corrected chi connectivity index (χ4v) is 7.19. The van der Waals surface area contributed by atoms with Crippen LogP contribution >= 0.6 is 35.1 Å². The number of rotatable bonds is 6. The Morgan fingerprint density at radius 3 is 2.54 bits per heavy atom. The fourth-order valence-electron chi connectivity index (χ4n) is 4.73. The Kier molecular flexibility index (Phi) is 8.14. The average Bonchev–Trinajstić information content (AvgIpc) is 3.00. The molecule has 1 aliphatic carbocycles. The van der Waals surface area contributed by atoms with Gasteiger partial charge in [0.05, 0.1) is 22.0 Å². The fraction of sp³-hybridized carbons (Fsp3) is 0.0938. The first-order valence-corrected chi connectivity index (χ1v) is 15.1. The van der Waals surface area contributed by atoms with Crippen LogP contribution in [-0.4, -0.2) is 28.2 Å². The molecule has 0 saturated heterocycles. The van der Waals surface area contributed by atoms with Gasteiger partial charge in [-0.1, -0.05) is 84.4 Å². The Hall–Kier alpha value is -3.98. The van der Waals surface area contributed by atoms with Crippen LogP contribution in [0.15, 0.2) is 131 Å². The number of urea groups is 1. The lowest BCUT2D eigenvalue weighted by Gasteiger charge is -2.40. The van der Waals surface area contributed by atoms with Gasteiger partial charge in [-0.2, -0.15) is 0 Å². The third-order valence-electron chi connectivity index (χ3n) is 6.62. The number of allylic oxidation sites excluding steroid dienone is 2. The number of amides is 3. The number of hydrogen-bond donors (Lipinski definition) is 2. The summed E-state index contributed by atoms with van der Waals surface area (Å²) in [4.78, 5) is 35.1. The van der Waals surface area contributed by atoms with Gasteiger partial charge >= 0.3 is 6.03 Å². The van der Waals surface area contributed by atoms with Gasteiger partial charge in [-0.05, 0) is 48.0 Å². The summed E-state index contributed by atoms with van der Waals surface area (Å²) in [6.07, 6.45) is 9.72. The molecule has 0 bridgehead atoms. The molecule has 6 nitrogen and oxygen atoms in total. The number of fused-ring (bicyclic) bond motifs is 2. The second-order valence-electron chi connectivity index (χ2n) is 9.40. The first-order valence-electron chi connectivity index (χ1n) is 13.0. The summed E-state index contributed by atoms with van der Waals surface area (Å²) in [5.74, 6) is 0.211. The predicted octanol–water partition coefficient (Wildman–Crippen LogP) is 8.21. The summed E-state index contributed by atoms with van der Waals surface area (Å²) in [6, 6.07) is 28.2.